The monoisotopic (exact) mass is 319 g/mol. The number of aromatic amines is 1. The molecule has 24 heavy (non-hydrogen) atoms. The summed E-state index contributed by atoms with van der Waals surface area (Å²) in [5, 5.41) is 0. The standard InChI is InChI=1S/C19H17N3O2/c1-12-7-9-14(10-8-12)22-16-6-4-3-5-13(16)11-15-17(22)20-19(24)21(2)18(15)23/h3-10H,11H2,1-2H3,(H,20,24). The van der Waals surface area contributed by atoms with E-state index in [9.17, 15) is 9.59 Å². The molecule has 0 amide bonds. The molecule has 4 rings (SSSR count). The maximum absolute atomic E-state index is 12.6. The van der Waals surface area contributed by atoms with E-state index in [1.165, 1.54) is 7.05 Å². The summed E-state index contributed by atoms with van der Waals surface area (Å²) in [6, 6.07) is 16.0. The lowest BCUT2D eigenvalue weighted by molar-refractivity contribution is 0.752. The van der Waals surface area contributed by atoms with E-state index < -0.39 is 5.69 Å². The molecule has 1 aliphatic rings. The summed E-state index contributed by atoms with van der Waals surface area (Å²) in [5.74, 6) is 0.561. The molecule has 0 aliphatic carbocycles. The normalized spacial score (nSPS) is 12.7. The Morgan fingerprint density at radius 1 is 1.00 bits per heavy atom. The van der Waals surface area contributed by atoms with Crippen molar-refractivity contribution in [1.29, 1.82) is 0 Å². The highest BCUT2D eigenvalue weighted by atomic mass is 16.2. The summed E-state index contributed by atoms with van der Waals surface area (Å²) in [6.45, 7) is 2.03. The van der Waals surface area contributed by atoms with Crippen LogP contribution < -0.4 is 16.1 Å². The number of rotatable bonds is 1. The Hall–Kier alpha value is -3.08. The number of aromatic nitrogens is 2. The van der Waals surface area contributed by atoms with Crippen molar-refractivity contribution in [2.45, 2.75) is 13.3 Å². The quantitative estimate of drug-likeness (QED) is 0.587. The first-order chi connectivity index (χ1) is 11.6. The van der Waals surface area contributed by atoms with Crippen molar-refractivity contribution in [2.75, 3.05) is 4.90 Å². The highest BCUT2D eigenvalue weighted by Crippen LogP contribution is 2.40. The van der Waals surface area contributed by atoms with Crippen molar-refractivity contribution in [1.82, 2.24) is 9.55 Å². The number of aryl methyl sites for hydroxylation is 1. The van der Waals surface area contributed by atoms with Crippen LogP contribution in [0.2, 0.25) is 0 Å². The topological polar surface area (TPSA) is 58.1 Å². The van der Waals surface area contributed by atoms with Gasteiger partial charge in [-0.3, -0.25) is 19.2 Å². The van der Waals surface area contributed by atoms with Crippen molar-refractivity contribution in [2.24, 2.45) is 7.05 Å². The molecule has 5 heteroatoms. The number of benzene rings is 2. The molecule has 1 aromatic heterocycles. The van der Waals surface area contributed by atoms with Crippen molar-refractivity contribution >= 4 is 17.2 Å². The third-order valence-electron chi connectivity index (χ3n) is 4.49. The Morgan fingerprint density at radius 3 is 2.46 bits per heavy atom. The lowest BCUT2D eigenvalue weighted by Gasteiger charge is -2.32. The maximum atomic E-state index is 12.6. The van der Waals surface area contributed by atoms with Crippen molar-refractivity contribution < 1.29 is 0 Å². The summed E-state index contributed by atoms with van der Waals surface area (Å²) in [5.41, 5.74) is 4.07. The van der Waals surface area contributed by atoms with Gasteiger partial charge < -0.3 is 0 Å². The van der Waals surface area contributed by atoms with Crippen LogP contribution in [0.25, 0.3) is 0 Å². The zero-order valence-electron chi connectivity index (χ0n) is 13.5. The number of hydrogen-bond acceptors (Lipinski definition) is 3. The van der Waals surface area contributed by atoms with Crippen molar-refractivity contribution in [3.63, 3.8) is 0 Å². The molecule has 5 nitrogen and oxygen atoms in total. The number of nitrogens with one attached hydrogen (secondary N) is 1. The van der Waals surface area contributed by atoms with Gasteiger partial charge in [-0.25, -0.2) is 4.79 Å². The SMILES string of the molecule is Cc1ccc(N2c3ccccc3Cc3c2[nH]c(=O)n(C)c3=O)cc1. The second kappa shape index (κ2) is 5.23. The van der Waals surface area contributed by atoms with E-state index in [0.717, 1.165) is 27.1 Å². The molecule has 0 radical (unpaired) electrons. The fourth-order valence-electron chi connectivity index (χ4n) is 3.16. The Morgan fingerprint density at radius 2 is 1.71 bits per heavy atom. The molecule has 0 unspecified atom stereocenters. The smallest absolute Gasteiger partial charge is 0.296 e. The molecular formula is C19H17N3O2. The van der Waals surface area contributed by atoms with Crippen LogP contribution >= 0.6 is 0 Å². The summed E-state index contributed by atoms with van der Waals surface area (Å²) in [7, 11) is 1.50. The number of nitrogens with zero attached hydrogens (tertiary/aromatic N) is 2. The van der Waals surface area contributed by atoms with E-state index in [-0.39, 0.29) is 5.56 Å². The van der Waals surface area contributed by atoms with E-state index in [4.69, 9.17) is 0 Å². The third kappa shape index (κ3) is 2.09. The summed E-state index contributed by atoms with van der Waals surface area (Å²) >= 11 is 0. The summed E-state index contributed by atoms with van der Waals surface area (Å²) in [6.07, 6.45) is 0.511. The van der Waals surface area contributed by atoms with Crippen LogP contribution in [0.1, 0.15) is 16.7 Å². The Kier molecular flexibility index (Phi) is 3.16. The largest absolute Gasteiger partial charge is 0.329 e. The zero-order valence-corrected chi connectivity index (χ0v) is 13.5. The van der Waals surface area contributed by atoms with Gasteiger partial charge in [0.15, 0.2) is 0 Å². The minimum atomic E-state index is -0.407. The molecule has 0 bridgehead atoms. The Bertz CT molecular complexity index is 1050. The molecule has 120 valence electrons. The van der Waals surface area contributed by atoms with E-state index >= 15 is 0 Å². The minimum absolute atomic E-state index is 0.250. The number of para-hydroxylation sites is 1. The van der Waals surface area contributed by atoms with Crippen LogP contribution in [0.3, 0.4) is 0 Å². The fourth-order valence-corrected chi connectivity index (χ4v) is 3.16. The predicted molar refractivity (Wildman–Crippen MR) is 94.5 cm³/mol. The fraction of sp³-hybridized carbons (Fsp3) is 0.158. The van der Waals surface area contributed by atoms with Gasteiger partial charge in [0.05, 0.1) is 11.3 Å². The molecule has 0 saturated heterocycles. The molecule has 0 saturated carbocycles. The molecule has 1 aliphatic heterocycles. The maximum Gasteiger partial charge on any atom is 0.329 e. The van der Waals surface area contributed by atoms with Crippen LogP contribution in [0.4, 0.5) is 17.2 Å². The van der Waals surface area contributed by atoms with Gasteiger partial charge in [-0.15, -0.1) is 0 Å². The van der Waals surface area contributed by atoms with E-state index in [1.807, 2.05) is 60.4 Å². The molecule has 0 atom stereocenters. The molecule has 2 heterocycles. The lowest BCUT2D eigenvalue weighted by atomic mass is 9.98. The van der Waals surface area contributed by atoms with Gasteiger partial charge in [-0.1, -0.05) is 35.9 Å². The van der Waals surface area contributed by atoms with Gasteiger partial charge in [-0.2, -0.15) is 0 Å². The third-order valence-corrected chi connectivity index (χ3v) is 4.49. The van der Waals surface area contributed by atoms with Crippen LogP contribution in [-0.4, -0.2) is 9.55 Å². The number of fused-ring (bicyclic) bond motifs is 2. The summed E-state index contributed by atoms with van der Waals surface area (Å²) in [4.78, 5) is 29.6. The second-order valence-electron chi connectivity index (χ2n) is 6.10. The molecule has 0 spiro atoms. The van der Waals surface area contributed by atoms with Gasteiger partial charge in [0.1, 0.15) is 5.82 Å². The molecular weight excluding hydrogens is 302 g/mol. The Balaban J connectivity index is 2.04. The molecule has 0 fully saturated rings. The van der Waals surface area contributed by atoms with Crippen LogP contribution in [0.15, 0.2) is 58.1 Å². The van der Waals surface area contributed by atoms with E-state index in [2.05, 4.69) is 4.98 Å². The summed E-state index contributed by atoms with van der Waals surface area (Å²) < 4.78 is 1.13. The first-order valence-electron chi connectivity index (χ1n) is 7.83. The molecule has 2 aromatic carbocycles. The lowest BCUT2D eigenvalue weighted by Crippen LogP contribution is -2.38. The highest BCUT2D eigenvalue weighted by molar-refractivity contribution is 5.81. The van der Waals surface area contributed by atoms with Gasteiger partial charge in [0, 0.05) is 19.2 Å². The first-order valence-corrected chi connectivity index (χ1v) is 7.83. The van der Waals surface area contributed by atoms with Crippen molar-refractivity contribution in [3.05, 3.63) is 86.1 Å². The minimum Gasteiger partial charge on any atom is -0.296 e. The second-order valence-corrected chi connectivity index (χ2v) is 6.10. The average Bonchev–Trinajstić information content (AvgIpc) is 2.59. The predicted octanol–water partition coefficient (Wildman–Crippen LogP) is 2.76. The van der Waals surface area contributed by atoms with Gasteiger partial charge >= 0.3 is 5.69 Å². The number of H-pyrrole nitrogens is 1. The van der Waals surface area contributed by atoms with Crippen LogP contribution in [0.5, 0.6) is 0 Å². The molecule has 1 N–H and O–H groups in total. The highest BCUT2D eigenvalue weighted by Gasteiger charge is 2.27. The van der Waals surface area contributed by atoms with Crippen LogP contribution in [-0.2, 0) is 13.5 Å². The van der Waals surface area contributed by atoms with Gasteiger partial charge in [0.25, 0.3) is 5.56 Å². The number of hydrogen-bond donors (Lipinski definition) is 1. The zero-order chi connectivity index (χ0) is 16.8. The Labute approximate surface area is 138 Å². The average molecular weight is 319 g/mol. The molecule has 3 aromatic rings. The van der Waals surface area contributed by atoms with Crippen molar-refractivity contribution in [3.8, 4) is 0 Å². The first kappa shape index (κ1) is 14.5. The van der Waals surface area contributed by atoms with Crippen LogP contribution in [0, 0.1) is 6.92 Å². The van der Waals surface area contributed by atoms with E-state index in [1.54, 1.807) is 0 Å². The van der Waals surface area contributed by atoms with Gasteiger partial charge in [-0.05, 0) is 30.7 Å². The number of anilines is 3. The van der Waals surface area contributed by atoms with E-state index in [0.29, 0.717) is 17.8 Å². The van der Waals surface area contributed by atoms with Gasteiger partial charge in [0.2, 0.25) is 0 Å².